The van der Waals surface area contributed by atoms with E-state index in [2.05, 4.69) is 10.3 Å². The summed E-state index contributed by atoms with van der Waals surface area (Å²) >= 11 is 0. The van der Waals surface area contributed by atoms with Gasteiger partial charge in [0.2, 0.25) is 0 Å². The van der Waals surface area contributed by atoms with E-state index in [-0.39, 0.29) is 0 Å². The number of hydrogen-bond donors (Lipinski definition) is 0. The summed E-state index contributed by atoms with van der Waals surface area (Å²) in [4.78, 5) is 0. The van der Waals surface area contributed by atoms with Crippen LogP contribution in [-0.4, -0.2) is 24.4 Å². The molecule has 1 unspecified atom stereocenters. The Labute approximate surface area is 83.0 Å². The first-order valence-corrected chi connectivity index (χ1v) is 4.80. The molecule has 0 radical (unpaired) electrons. The van der Waals surface area contributed by atoms with E-state index in [0.717, 1.165) is 6.42 Å². The van der Waals surface area contributed by atoms with Crippen molar-refractivity contribution in [3.8, 4) is 0 Å². The first-order valence-electron chi connectivity index (χ1n) is 4.80. The van der Waals surface area contributed by atoms with Crippen LogP contribution in [0.2, 0.25) is 0 Å². The Kier molecular flexibility index (Phi) is 2.56. The highest BCUT2D eigenvalue weighted by Crippen LogP contribution is 2.14. The van der Waals surface area contributed by atoms with Crippen LogP contribution in [0.3, 0.4) is 0 Å². The number of hydroxylamine groups is 2. The monoisotopic (exact) mass is 191 g/mol. The third-order valence-electron chi connectivity index (χ3n) is 2.37. The molecule has 0 spiro atoms. The van der Waals surface area contributed by atoms with E-state index in [4.69, 9.17) is 0 Å². The maximum Gasteiger partial charge on any atom is 0.126 e. The maximum absolute atomic E-state index is 11.8. The zero-order valence-corrected chi connectivity index (χ0v) is 7.97. The summed E-state index contributed by atoms with van der Waals surface area (Å²) in [6.07, 6.45) is 0.767. The standard InChI is InChI=1S/C10H13N3O/c14-13(9-7-11-12-13)8-6-10-4-2-1-3-5-10/h1-5H,6-9H2. The van der Waals surface area contributed by atoms with Crippen molar-refractivity contribution in [3.63, 3.8) is 0 Å². The molecule has 74 valence electrons. The number of hydrogen-bond acceptors (Lipinski definition) is 3. The molecule has 1 aliphatic heterocycles. The predicted molar refractivity (Wildman–Crippen MR) is 53.2 cm³/mol. The van der Waals surface area contributed by atoms with Crippen LogP contribution in [0.25, 0.3) is 0 Å². The Bertz CT molecular complexity index is 325. The molecule has 0 saturated carbocycles. The smallest absolute Gasteiger partial charge is 0.126 e. The summed E-state index contributed by atoms with van der Waals surface area (Å²) in [5.74, 6) is 0. The normalized spacial score (nSPS) is 25.5. The summed E-state index contributed by atoms with van der Waals surface area (Å²) in [6, 6.07) is 9.99. The van der Waals surface area contributed by atoms with Crippen molar-refractivity contribution in [2.75, 3.05) is 19.6 Å². The van der Waals surface area contributed by atoms with Gasteiger partial charge in [-0.15, -0.1) is 5.11 Å². The van der Waals surface area contributed by atoms with Crippen LogP contribution in [0.1, 0.15) is 5.56 Å². The summed E-state index contributed by atoms with van der Waals surface area (Å²) in [5.41, 5.74) is 1.18. The highest BCUT2D eigenvalue weighted by Gasteiger charge is 2.20. The second kappa shape index (κ2) is 3.86. The average molecular weight is 191 g/mol. The van der Waals surface area contributed by atoms with Gasteiger partial charge in [-0.1, -0.05) is 30.3 Å². The number of nitrogens with zero attached hydrogens (tertiary/aromatic N) is 3. The van der Waals surface area contributed by atoms with Crippen molar-refractivity contribution in [2.45, 2.75) is 6.42 Å². The maximum atomic E-state index is 11.8. The van der Waals surface area contributed by atoms with Crippen molar-refractivity contribution < 1.29 is 4.76 Å². The first kappa shape index (κ1) is 9.30. The van der Waals surface area contributed by atoms with E-state index in [0.29, 0.717) is 19.6 Å². The fourth-order valence-electron chi connectivity index (χ4n) is 1.51. The molecule has 14 heavy (non-hydrogen) atoms. The minimum atomic E-state index is -0.505. The van der Waals surface area contributed by atoms with E-state index in [1.165, 1.54) is 5.56 Å². The largest absolute Gasteiger partial charge is 0.603 e. The van der Waals surface area contributed by atoms with E-state index in [1.807, 2.05) is 30.3 Å². The number of rotatable bonds is 3. The summed E-state index contributed by atoms with van der Waals surface area (Å²) in [5, 5.41) is 19.2. The van der Waals surface area contributed by atoms with Gasteiger partial charge < -0.3 is 5.21 Å². The minimum absolute atomic E-state index is 0.493. The number of benzene rings is 1. The highest BCUT2D eigenvalue weighted by atomic mass is 16.6. The van der Waals surface area contributed by atoms with Crippen molar-refractivity contribution in [1.29, 1.82) is 0 Å². The highest BCUT2D eigenvalue weighted by molar-refractivity contribution is 5.14. The Balaban J connectivity index is 1.91. The van der Waals surface area contributed by atoms with Crippen LogP contribution < -0.4 is 0 Å². The van der Waals surface area contributed by atoms with E-state index in [9.17, 15) is 5.21 Å². The molecule has 0 amide bonds. The first-order chi connectivity index (χ1) is 6.79. The summed E-state index contributed by atoms with van der Waals surface area (Å²) in [6.45, 7) is 1.55. The summed E-state index contributed by atoms with van der Waals surface area (Å²) in [7, 11) is 0. The Morgan fingerprint density at radius 3 is 2.71 bits per heavy atom. The van der Waals surface area contributed by atoms with Crippen molar-refractivity contribution >= 4 is 0 Å². The number of quaternary nitrogens is 1. The zero-order valence-electron chi connectivity index (χ0n) is 7.97. The fraction of sp³-hybridized carbons (Fsp3) is 0.400. The molecule has 1 atom stereocenters. The van der Waals surface area contributed by atoms with E-state index >= 15 is 0 Å². The van der Waals surface area contributed by atoms with Crippen LogP contribution in [-0.2, 0) is 6.42 Å². The lowest BCUT2D eigenvalue weighted by molar-refractivity contribution is -0.882. The van der Waals surface area contributed by atoms with E-state index < -0.39 is 4.76 Å². The molecule has 1 aromatic rings. The third-order valence-corrected chi connectivity index (χ3v) is 2.37. The van der Waals surface area contributed by atoms with Gasteiger partial charge >= 0.3 is 0 Å². The predicted octanol–water partition coefficient (Wildman–Crippen LogP) is 1.92. The molecular weight excluding hydrogens is 178 g/mol. The third kappa shape index (κ3) is 2.16. The van der Waals surface area contributed by atoms with Gasteiger partial charge in [0.15, 0.2) is 0 Å². The van der Waals surface area contributed by atoms with Crippen molar-refractivity contribution in [2.24, 2.45) is 10.3 Å². The van der Waals surface area contributed by atoms with Crippen LogP contribution >= 0.6 is 0 Å². The average Bonchev–Trinajstić information content (AvgIpc) is 2.65. The van der Waals surface area contributed by atoms with Gasteiger partial charge in [-0.05, 0) is 5.56 Å². The quantitative estimate of drug-likeness (QED) is 0.532. The lowest BCUT2D eigenvalue weighted by atomic mass is 10.1. The molecule has 1 aromatic carbocycles. The van der Waals surface area contributed by atoms with E-state index in [1.54, 1.807) is 0 Å². The molecule has 2 rings (SSSR count). The lowest BCUT2D eigenvalue weighted by Crippen LogP contribution is -2.36. The Morgan fingerprint density at radius 1 is 1.29 bits per heavy atom. The Hall–Kier alpha value is -1.26. The molecule has 0 bridgehead atoms. The second-order valence-electron chi connectivity index (χ2n) is 3.48. The molecule has 4 nitrogen and oxygen atoms in total. The fourth-order valence-corrected chi connectivity index (χ4v) is 1.51. The summed E-state index contributed by atoms with van der Waals surface area (Å²) < 4.78 is -0.505. The molecule has 0 aromatic heterocycles. The van der Waals surface area contributed by atoms with Crippen molar-refractivity contribution in [1.82, 2.24) is 0 Å². The lowest BCUT2D eigenvalue weighted by Gasteiger charge is -2.29. The van der Waals surface area contributed by atoms with Gasteiger partial charge in [0.05, 0.1) is 0 Å². The van der Waals surface area contributed by atoms with Crippen LogP contribution in [0.4, 0.5) is 0 Å². The van der Waals surface area contributed by atoms with Gasteiger partial charge in [-0.25, -0.2) is 4.76 Å². The Morgan fingerprint density at radius 2 is 2.07 bits per heavy atom. The molecule has 1 aliphatic rings. The van der Waals surface area contributed by atoms with Crippen molar-refractivity contribution in [3.05, 3.63) is 41.1 Å². The molecule has 1 heterocycles. The molecule has 0 fully saturated rings. The molecule has 0 aliphatic carbocycles. The van der Waals surface area contributed by atoms with Crippen LogP contribution in [0, 0.1) is 5.21 Å². The van der Waals surface area contributed by atoms with Gasteiger partial charge in [0.1, 0.15) is 19.6 Å². The van der Waals surface area contributed by atoms with Crippen LogP contribution in [0.5, 0.6) is 0 Å². The SMILES string of the molecule is [O-][N+]1(CCc2ccccc2)CCN=N1. The van der Waals surface area contributed by atoms with Crippen LogP contribution in [0.15, 0.2) is 40.7 Å². The second-order valence-corrected chi connectivity index (χ2v) is 3.48. The molecule has 4 heteroatoms. The van der Waals surface area contributed by atoms with Gasteiger partial charge in [-0.3, -0.25) is 0 Å². The minimum Gasteiger partial charge on any atom is -0.603 e. The van der Waals surface area contributed by atoms with Gasteiger partial charge in [-0.2, -0.15) is 0 Å². The molecular formula is C10H13N3O. The van der Waals surface area contributed by atoms with Gasteiger partial charge in [0, 0.05) is 11.6 Å². The topological polar surface area (TPSA) is 47.8 Å². The molecule has 0 saturated heterocycles. The van der Waals surface area contributed by atoms with Gasteiger partial charge in [0.25, 0.3) is 0 Å². The zero-order chi connectivity index (χ0) is 9.86. The molecule has 0 N–H and O–H groups in total.